The number of aryl methyl sites for hydroxylation is 2. The van der Waals surface area contributed by atoms with Crippen LogP contribution in [0.2, 0.25) is 0 Å². The minimum absolute atomic E-state index is 0. The van der Waals surface area contributed by atoms with Crippen LogP contribution < -0.4 is 15.5 Å². The molecule has 0 saturated carbocycles. The average molecular weight is 470 g/mol. The highest BCUT2D eigenvalue weighted by atomic mass is 127. The first-order valence-corrected chi connectivity index (χ1v) is 8.87. The summed E-state index contributed by atoms with van der Waals surface area (Å²) in [6.45, 7) is 2.71. The Morgan fingerprint density at radius 1 is 1.12 bits per heavy atom. The van der Waals surface area contributed by atoms with Gasteiger partial charge in [-0.05, 0) is 43.0 Å². The van der Waals surface area contributed by atoms with Gasteiger partial charge in [-0.25, -0.2) is 0 Å². The van der Waals surface area contributed by atoms with E-state index in [0.29, 0.717) is 0 Å². The molecule has 7 heteroatoms. The summed E-state index contributed by atoms with van der Waals surface area (Å²) in [6, 6.07) is 10.7. The molecule has 2 aromatic rings. The molecule has 0 spiro atoms. The smallest absolute Gasteiger partial charge is 0.190 e. The molecular formula is C19H31IN6. The molecule has 2 rings (SSSR count). The Hall–Kier alpha value is -1.77. The minimum Gasteiger partial charge on any atom is -0.378 e. The normalized spacial score (nSPS) is 11.0. The van der Waals surface area contributed by atoms with Gasteiger partial charge in [0.15, 0.2) is 5.96 Å². The molecule has 2 N–H and O–H groups in total. The number of aromatic nitrogens is 2. The molecule has 0 fully saturated rings. The predicted molar refractivity (Wildman–Crippen MR) is 121 cm³/mol. The van der Waals surface area contributed by atoms with Crippen LogP contribution in [0.4, 0.5) is 5.69 Å². The summed E-state index contributed by atoms with van der Waals surface area (Å²) in [5.74, 6) is 0.864. The summed E-state index contributed by atoms with van der Waals surface area (Å²) in [7, 11) is 5.93. The van der Waals surface area contributed by atoms with E-state index < -0.39 is 0 Å². The molecule has 0 aliphatic rings. The van der Waals surface area contributed by atoms with Crippen LogP contribution >= 0.6 is 24.0 Å². The highest BCUT2D eigenvalue weighted by Gasteiger charge is 1.99. The van der Waals surface area contributed by atoms with Gasteiger partial charge in [-0.2, -0.15) is 5.10 Å². The molecule has 0 saturated heterocycles. The van der Waals surface area contributed by atoms with Crippen molar-refractivity contribution in [1.82, 2.24) is 20.4 Å². The van der Waals surface area contributed by atoms with Crippen LogP contribution in [0.15, 0.2) is 47.7 Å². The Morgan fingerprint density at radius 3 is 2.38 bits per heavy atom. The van der Waals surface area contributed by atoms with Gasteiger partial charge in [0.25, 0.3) is 0 Å². The average Bonchev–Trinajstić information content (AvgIpc) is 3.14. The largest absolute Gasteiger partial charge is 0.378 e. The van der Waals surface area contributed by atoms with Crippen LogP contribution in [0.3, 0.4) is 0 Å². The van der Waals surface area contributed by atoms with Crippen molar-refractivity contribution in [2.24, 2.45) is 4.99 Å². The van der Waals surface area contributed by atoms with Gasteiger partial charge in [-0.3, -0.25) is 9.67 Å². The number of anilines is 1. The van der Waals surface area contributed by atoms with Gasteiger partial charge in [-0.1, -0.05) is 12.1 Å². The fourth-order valence-corrected chi connectivity index (χ4v) is 2.56. The molecule has 0 unspecified atom stereocenters. The Kier molecular flexibility index (Phi) is 10.8. The van der Waals surface area contributed by atoms with Crippen molar-refractivity contribution in [3.63, 3.8) is 0 Å². The Bertz CT molecular complexity index is 622. The fourth-order valence-electron chi connectivity index (χ4n) is 2.56. The lowest BCUT2D eigenvalue weighted by Gasteiger charge is -2.13. The third kappa shape index (κ3) is 8.07. The Labute approximate surface area is 174 Å². The number of rotatable bonds is 9. The van der Waals surface area contributed by atoms with Crippen LogP contribution in [-0.4, -0.2) is 50.0 Å². The summed E-state index contributed by atoms with van der Waals surface area (Å²) in [6.07, 6.45) is 6.95. The van der Waals surface area contributed by atoms with Gasteiger partial charge < -0.3 is 15.5 Å². The van der Waals surface area contributed by atoms with E-state index in [9.17, 15) is 0 Å². The number of nitrogens with one attached hydrogen (secondary N) is 2. The maximum atomic E-state index is 4.26. The van der Waals surface area contributed by atoms with Crippen molar-refractivity contribution in [1.29, 1.82) is 0 Å². The zero-order valence-electron chi connectivity index (χ0n) is 16.0. The van der Waals surface area contributed by atoms with Gasteiger partial charge in [0.2, 0.25) is 0 Å². The summed E-state index contributed by atoms with van der Waals surface area (Å²) < 4.78 is 1.94. The maximum absolute atomic E-state index is 4.26. The molecule has 0 radical (unpaired) electrons. The molecule has 6 nitrogen and oxygen atoms in total. The number of benzene rings is 1. The summed E-state index contributed by atoms with van der Waals surface area (Å²) in [5, 5.41) is 10.9. The first-order valence-electron chi connectivity index (χ1n) is 8.87. The topological polar surface area (TPSA) is 57.5 Å². The maximum Gasteiger partial charge on any atom is 0.190 e. The van der Waals surface area contributed by atoms with E-state index in [1.165, 1.54) is 11.3 Å². The zero-order chi connectivity index (χ0) is 17.9. The van der Waals surface area contributed by atoms with Crippen molar-refractivity contribution in [2.45, 2.75) is 25.8 Å². The molecule has 0 atom stereocenters. The third-order valence-electron chi connectivity index (χ3n) is 4.03. The number of nitrogens with zero attached hydrogens (tertiary/aromatic N) is 4. The number of guanidine groups is 1. The predicted octanol–water partition coefficient (Wildman–Crippen LogP) is 2.76. The first kappa shape index (κ1) is 22.3. The van der Waals surface area contributed by atoms with Gasteiger partial charge in [-0.15, -0.1) is 24.0 Å². The first-order chi connectivity index (χ1) is 12.2. The molecule has 26 heavy (non-hydrogen) atoms. The minimum atomic E-state index is 0. The molecule has 0 aliphatic heterocycles. The molecule has 0 bridgehead atoms. The van der Waals surface area contributed by atoms with Crippen LogP contribution in [0.1, 0.15) is 18.4 Å². The SMILES string of the molecule is CN=C(NCCCc1ccc(N(C)C)cc1)NCCCn1cccn1.I. The third-order valence-corrected chi connectivity index (χ3v) is 4.03. The van der Waals surface area contributed by atoms with E-state index in [1.807, 2.05) is 30.2 Å². The van der Waals surface area contributed by atoms with Crippen molar-refractivity contribution < 1.29 is 0 Å². The van der Waals surface area contributed by atoms with Crippen molar-refractivity contribution >= 4 is 35.6 Å². The van der Waals surface area contributed by atoms with E-state index in [4.69, 9.17) is 0 Å². The van der Waals surface area contributed by atoms with Crippen molar-refractivity contribution in [3.05, 3.63) is 48.3 Å². The molecule has 1 aromatic carbocycles. The molecule has 144 valence electrons. The second-order valence-electron chi connectivity index (χ2n) is 6.21. The van der Waals surface area contributed by atoms with E-state index in [-0.39, 0.29) is 24.0 Å². The molecule has 1 heterocycles. The van der Waals surface area contributed by atoms with Crippen molar-refractivity contribution in [2.75, 3.05) is 39.1 Å². The van der Waals surface area contributed by atoms with E-state index in [0.717, 1.165) is 44.9 Å². The lowest BCUT2D eigenvalue weighted by molar-refractivity contribution is 0.570. The summed E-state index contributed by atoms with van der Waals surface area (Å²) >= 11 is 0. The number of hydrogen-bond acceptors (Lipinski definition) is 3. The van der Waals surface area contributed by atoms with E-state index >= 15 is 0 Å². The molecule has 1 aromatic heterocycles. The highest BCUT2D eigenvalue weighted by Crippen LogP contribution is 2.13. The number of aliphatic imine (C=N–C) groups is 1. The number of hydrogen-bond donors (Lipinski definition) is 2. The highest BCUT2D eigenvalue weighted by molar-refractivity contribution is 14.0. The van der Waals surface area contributed by atoms with Crippen LogP contribution in [0.25, 0.3) is 0 Å². The molecular weight excluding hydrogens is 439 g/mol. The zero-order valence-corrected chi connectivity index (χ0v) is 18.3. The van der Waals surface area contributed by atoms with E-state index in [2.05, 4.69) is 64.0 Å². The lowest BCUT2D eigenvalue weighted by Crippen LogP contribution is -2.38. The Morgan fingerprint density at radius 2 is 1.81 bits per heavy atom. The van der Waals surface area contributed by atoms with Gasteiger partial charge in [0.05, 0.1) is 0 Å². The quantitative estimate of drug-likeness (QED) is 0.256. The standard InChI is InChI=1S/C19H30N6.HI/c1-20-19(22-13-5-15-25-16-6-14-23-25)21-12-4-7-17-8-10-18(11-9-17)24(2)3;/h6,8-11,14,16H,4-5,7,12-13,15H2,1-3H3,(H2,20,21,22);1H. The Balaban J connectivity index is 0.00000338. The lowest BCUT2D eigenvalue weighted by atomic mass is 10.1. The van der Waals surface area contributed by atoms with E-state index in [1.54, 1.807) is 0 Å². The molecule has 0 amide bonds. The van der Waals surface area contributed by atoms with Crippen LogP contribution in [0, 0.1) is 0 Å². The van der Waals surface area contributed by atoms with Gasteiger partial charge in [0.1, 0.15) is 0 Å². The number of halogens is 1. The summed E-state index contributed by atoms with van der Waals surface area (Å²) in [4.78, 5) is 6.38. The van der Waals surface area contributed by atoms with Crippen LogP contribution in [-0.2, 0) is 13.0 Å². The van der Waals surface area contributed by atoms with Gasteiger partial charge in [0, 0.05) is 58.9 Å². The van der Waals surface area contributed by atoms with Crippen molar-refractivity contribution in [3.8, 4) is 0 Å². The second-order valence-corrected chi connectivity index (χ2v) is 6.21. The summed E-state index contributed by atoms with van der Waals surface area (Å²) in [5.41, 5.74) is 2.61. The van der Waals surface area contributed by atoms with Gasteiger partial charge >= 0.3 is 0 Å². The molecule has 0 aliphatic carbocycles. The second kappa shape index (κ2) is 12.6. The van der Waals surface area contributed by atoms with Crippen LogP contribution in [0.5, 0.6) is 0 Å². The monoisotopic (exact) mass is 470 g/mol. The fraction of sp³-hybridized carbons (Fsp3) is 0.474.